The highest BCUT2D eigenvalue weighted by Gasteiger charge is 2.32. The van der Waals surface area contributed by atoms with Crippen molar-refractivity contribution < 1.29 is 22.7 Å². The maximum atomic E-state index is 14.6. The van der Waals surface area contributed by atoms with E-state index in [4.69, 9.17) is 4.74 Å². The zero-order valence-corrected chi connectivity index (χ0v) is 26.7. The first-order chi connectivity index (χ1) is 21.4. The molecule has 1 aliphatic heterocycles. The number of methoxy groups -OCH3 is 1. The minimum Gasteiger partial charge on any atom is -0.497 e. The lowest BCUT2D eigenvalue weighted by atomic mass is 9.98. The molecule has 0 spiro atoms. The summed E-state index contributed by atoms with van der Waals surface area (Å²) in [5, 5.41) is 5.39. The van der Waals surface area contributed by atoms with Crippen LogP contribution in [0.4, 0.5) is 13.2 Å². The summed E-state index contributed by atoms with van der Waals surface area (Å²) >= 11 is 1.19. The molecule has 4 heterocycles. The Hall–Kier alpha value is -4.03. The normalized spacial score (nSPS) is 15.5. The average molecular weight is 640 g/mol. The Balaban J connectivity index is 1.74. The molecule has 0 bridgehead atoms. The number of nitrogens with one attached hydrogen (secondary N) is 1. The third-order valence-electron chi connectivity index (χ3n) is 7.79. The summed E-state index contributed by atoms with van der Waals surface area (Å²) < 4.78 is 46.4. The summed E-state index contributed by atoms with van der Waals surface area (Å²) in [5.74, 6) is 0.535. The molecule has 5 rings (SSSR count). The number of pyridine rings is 2. The number of rotatable bonds is 8. The largest absolute Gasteiger partial charge is 0.497 e. The maximum absolute atomic E-state index is 14.6. The molecule has 45 heavy (non-hydrogen) atoms. The first kappa shape index (κ1) is 32.4. The molecule has 1 atom stereocenters. The van der Waals surface area contributed by atoms with Gasteiger partial charge in [-0.1, -0.05) is 26.8 Å². The first-order valence-electron chi connectivity index (χ1n) is 14.9. The van der Waals surface area contributed by atoms with E-state index in [2.05, 4.69) is 15.3 Å². The molecule has 1 amide bonds. The zero-order valence-electron chi connectivity index (χ0n) is 25.9. The number of nitrogens with zero attached hydrogens (tertiary/aromatic N) is 4. The molecule has 1 aliphatic rings. The van der Waals surface area contributed by atoms with Crippen LogP contribution in [0, 0.1) is 5.92 Å². The Kier molecular flexibility index (Phi) is 9.45. The molecule has 4 aromatic rings. The third kappa shape index (κ3) is 6.81. The van der Waals surface area contributed by atoms with Crippen molar-refractivity contribution >= 4 is 17.2 Å². The predicted molar refractivity (Wildman–Crippen MR) is 169 cm³/mol. The van der Waals surface area contributed by atoms with Crippen LogP contribution >= 0.6 is 11.3 Å². The van der Waals surface area contributed by atoms with Crippen molar-refractivity contribution in [2.45, 2.75) is 52.8 Å². The fourth-order valence-electron chi connectivity index (χ4n) is 5.54. The predicted octanol–water partition coefficient (Wildman–Crippen LogP) is 6.25. The van der Waals surface area contributed by atoms with Crippen molar-refractivity contribution in [1.29, 1.82) is 0 Å². The molecular weight excluding hydrogens is 603 g/mol. The van der Waals surface area contributed by atoms with Crippen LogP contribution < -0.4 is 15.6 Å². The summed E-state index contributed by atoms with van der Waals surface area (Å²) in [6.07, 6.45) is -2.33. The zero-order chi connectivity index (χ0) is 32.5. The Labute approximate surface area is 263 Å². The highest BCUT2D eigenvalue weighted by Crippen LogP contribution is 2.33. The number of hydrogen-bond acceptors (Lipinski definition) is 7. The number of ether oxygens (including phenoxy) is 1. The number of carbonyl (C=O) groups is 1. The van der Waals surface area contributed by atoms with Gasteiger partial charge in [0, 0.05) is 54.6 Å². The van der Waals surface area contributed by atoms with E-state index in [0.29, 0.717) is 71.4 Å². The lowest BCUT2D eigenvalue weighted by Crippen LogP contribution is -2.51. The average Bonchev–Trinajstić information content (AvgIpc) is 3.50. The summed E-state index contributed by atoms with van der Waals surface area (Å²) in [6, 6.07) is 9.56. The SMILES string of the molecule is CCc1ccc(OC)cc1-n1c(CC(C)C)c(C(=O)N2CCN[C@H](C)C2)cc(-c2nc(-c3ccc(C(F)(F)F)nc3)cs2)c1=O. The van der Waals surface area contributed by atoms with E-state index in [9.17, 15) is 22.8 Å². The Morgan fingerprint density at radius 3 is 2.60 bits per heavy atom. The number of hydrogen-bond donors (Lipinski definition) is 1. The molecule has 0 saturated carbocycles. The van der Waals surface area contributed by atoms with Crippen LogP contribution in [-0.4, -0.2) is 58.1 Å². The Morgan fingerprint density at radius 2 is 1.98 bits per heavy atom. The standard InChI is InChI=1S/C33H36F3N5O3S/c1-6-21-7-9-23(44-5)14-27(21)41-28(13-19(2)3)24(31(42)40-12-11-37-20(4)17-40)15-25(32(41)43)30-39-26(18-45-30)22-8-10-29(38-16-22)33(34,35)36/h7-10,14-16,18-20,37H,6,11-13,17H2,1-5H3/t20-/m1/s1. The number of thiazole rings is 1. The van der Waals surface area contributed by atoms with Gasteiger partial charge in [0.1, 0.15) is 16.5 Å². The van der Waals surface area contributed by atoms with E-state index in [-0.39, 0.29) is 29.0 Å². The van der Waals surface area contributed by atoms with E-state index >= 15 is 0 Å². The second-order valence-corrected chi connectivity index (χ2v) is 12.4. The van der Waals surface area contributed by atoms with Crippen molar-refractivity contribution in [1.82, 2.24) is 24.8 Å². The lowest BCUT2D eigenvalue weighted by molar-refractivity contribution is -0.141. The van der Waals surface area contributed by atoms with Crippen LogP contribution in [0.25, 0.3) is 27.5 Å². The molecule has 1 saturated heterocycles. The summed E-state index contributed by atoms with van der Waals surface area (Å²) in [4.78, 5) is 38.9. The molecule has 1 fully saturated rings. The van der Waals surface area contributed by atoms with Crippen LogP contribution in [0.1, 0.15) is 55.0 Å². The summed E-state index contributed by atoms with van der Waals surface area (Å²) in [5.41, 5.74) is 2.23. The molecule has 238 valence electrons. The van der Waals surface area contributed by atoms with Gasteiger partial charge in [0.2, 0.25) is 0 Å². The van der Waals surface area contributed by atoms with Crippen molar-refractivity contribution in [3.05, 3.63) is 80.8 Å². The highest BCUT2D eigenvalue weighted by molar-refractivity contribution is 7.13. The highest BCUT2D eigenvalue weighted by atomic mass is 32.1. The monoisotopic (exact) mass is 639 g/mol. The van der Waals surface area contributed by atoms with Crippen molar-refractivity contribution in [2.75, 3.05) is 26.7 Å². The first-order valence-corrected chi connectivity index (χ1v) is 15.8. The quantitative estimate of drug-likeness (QED) is 0.246. The molecule has 1 N–H and O–H groups in total. The smallest absolute Gasteiger partial charge is 0.433 e. The molecule has 0 unspecified atom stereocenters. The number of piperazine rings is 1. The summed E-state index contributed by atoms with van der Waals surface area (Å²) in [7, 11) is 1.56. The Morgan fingerprint density at radius 1 is 1.20 bits per heavy atom. The number of amides is 1. The number of alkyl halides is 3. The van der Waals surface area contributed by atoms with Gasteiger partial charge in [0.15, 0.2) is 0 Å². The van der Waals surface area contributed by atoms with Gasteiger partial charge in [-0.2, -0.15) is 13.2 Å². The molecule has 0 aliphatic carbocycles. The van der Waals surface area contributed by atoms with Crippen LogP contribution in [0.2, 0.25) is 0 Å². The van der Waals surface area contributed by atoms with Gasteiger partial charge in [-0.05, 0) is 55.5 Å². The van der Waals surface area contributed by atoms with E-state index in [1.807, 2.05) is 50.8 Å². The Bertz CT molecular complexity index is 1750. The van der Waals surface area contributed by atoms with Gasteiger partial charge in [0.05, 0.1) is 29.6 Å². The van der Waals surface area contributed by atoms with Gasteiger partial charge in [-0.25, -0.2) is 4.98 Å². The van der Waals surface area contributed by atoms with Gasteiger partial charge >= 0.3 is 6.18 Å². The number of benzene rings is 1. The van der Waals surface area contributed by atoms with Gasteiger partial charge in [-0.3, -0.25) is 19.1 Å². The second-order valence-electron chi connectivity index (χ2n) is 11.6. The molecule has 8 nitrogen and oxygen atoms in total. The lowest BCUT2D eigenvalue weighted by Gasteiger charge is -2.33. The molecule has 3 aromatic heterocycles. The van der Waals surface area contributed by atoms with Crippen molar-refractivity contribution in [3.63, 3.8) is 0 Å². The van der Waals surface area contributed by atoms with E-state index in [0.717, 1.165) is 17.8 Å². The third-order valence-corrected chi connectivity index (χ3v) is 8.67. The molecule has 0 radical (unpaired) electrons. The van der Waals surface area contributed by atoms with Gasteiger partial charge in [0.25, 0.3) is 11.5 Å². The van der Waals surface area contributed by atoms with E-state index in [1.165, 1.54) is 17.4 Å². The minimum absolute atomic E-state index is 0.116. The van der Waals surface area contributed by atoms with Crippen LogP contribution in [0.15, 0.2) is 52.8 Å². The van der Waals surface area contributed by atoms with Crippen molar-refractivity contribution in [3.8, 4) is 33.3 Å². The van der Waals surface area contributed by atoms with Crippen LogP contribution in [0.3, 0.4) is 0 Å². The second kappa shape index (κ2) is 13.1. The number of carbonyl (C=O) groups excluding carboxylic acids is 1. The molecule has 12 heteroatoms. The fraction of sp³-hybridized carbons (Fsp3) is 0.394. The fourth-order valence-corrected chi connectivity index (χ4v) is 6.38. The van der Waals surface area contributed by atoms with Crippen LogP contribution in [-0.2, 0) is 19.0 Å². The molecule has 1 aromatic carbocycles. The van der Waals surface area contributed by atoms with Gasteiger partial charge in [-0.15, -0.1) is 11.3 Å². The van der Waals surface area contributed by atoms with Gasteiger partial charge < -0.3 is 15.0 Å². The molecular formula is C33H36F3N5O3S. The van der Waals surface area contributed by atoms with Crippen LogP contribution in [0.5, 0.6) is 5.75 Å². The summed E-state index contributed by atoms with van der Waals surface area (Å²) in [6.45, 7) is 9.82. The number of halogens is 3. The number of aryl methyl sites for hydroxylation is 1. The number of aromatic nitrogens is 3. The van der Waals surface area contributed by atoms with E-state index < -0.39 is 11.9 Å². The topological polar surface area (TPSA) is 89.3 Å². The van der Waals surface area contributed by atoms with Crippen molar-refractivity contribution in [2.24, 2.45) is 5.92 Å². The minimum atomic E-state index is -4.56. The van der Waals surface area contributed by atoms with E-state index in [1.54, 1.807) is 23.1 Å². The maximum Gasteiger partial charge on any atom is 0.433 e.